The standard InChI is InChI=1S/C16H18BrNO/c1-11-5-6-15(14(7-11)16(2,3)4)19-13-8-12(17)9-18-10-13/h5-10H,1-4H3. The van der Waals surface area contributed by atoms with Crippen molar-refractivity contribution in [2.75, 3.05) is 0 Å². The zero-order valence-electron chi connectivity index (χ0n) is 11.7. The minimum atomic E-state index is 0.0425. The molecule has 0 aliphatic heterocycles. The summed E-state index contributed by atoms with van der Waals surface area (Å²) in [5.74, 6) is 1.63. The van der Waals surface area contributed by atoms with Crippen molar-refractivity contribution in [3.63, 3.8) is 0 Å². The van der Waals surface area contributed by atoms with E-state index in [1.165, 1.54) is 11.1 Å². The third-order valence-corrected chi connectivity index (χ3v) is 3.28. The molecule has 1 aromatic heterocycles. The number of halogens is 1. The minimum Gasteiger partial charge on any atom is -0.455 e. The van der Waals surface area contributed by atoms with Crippen LogP contribution in [0.15, 0.2) is 41.1 Å². The summed E-state index contributed by atoms with van der Waals surface area (Å²) in [6, 6.07) is 8.19. The smallest absolute Gasteiger partial charge is 0.146 e. The van der Waals surface area contributed by atoms with Crippen LogP contribution in [0.4, 0.5) is 0 Å². The van der Waals surface area contributed by atoms with Crippen LogP contribution in [0.25, 0.3) is 0 Å². The Balaban J connectivity index is 2.40. The minimum absolute atomic E-state index is 0.0425. The second kappa shape index (κ2) is 5.33. The number of benzene rings is 1. The van der Waals surface area contributed by atoms with Crippen molar-refractivity contribution in [3.05, 3.63) is 52.3 Å². The van der Waals surface area contributed by atoms with Gasteiger partial charge in [0.15, 0.2) is 0 Å². The van der Waals surface area contributed by atoms with Gasteiger partial charge in [0.25, 0.3) is 0 Å². The number of aryl methyl sites for hydroxylation is 1. The van der Waals surface area contributed by atoms with Gasteiger partial charge in [-0.3, -0.25) is 4.98 Å². The van der Waals surface area contributed by atoms with Crippen LogP contribution >= 0.6 is 15.9 Å². The fourth-order valence-corrected chi connectivity index (χ4v) is 2.24. The molecule has 0 saturated carbocycles. The summed E-state index contributed by atoms with van der Waals surface area (Å²) in [4.78, 5) is 4.12. The molecule has 0 bridgehead atoms. The van der Waals surface area contributed by atoms with E-state index in [2.05, 4.69) is 60.7 Å². The van der Waals surface area contributed by atoms with Crippen LogP contribution in [0, 0.1) is 6.92 Å². The lowest BCUT2D eigenvalue weighted by Crippen LogP contribution is -2.12. The number of aromatic nitrogens is 1. The average molecular weight is 320 g/mol. The Morgan fingerprint density at radius 1 is 1.11 bits per heavy atom. The molecule has 2 rings (SSSR count). The molecule has 1 aromatic carbocycles. The third-order valence-electron chi connectivity index (χ3n) is 2.85. The van der Waals surface area contributed by atoms with Crippen LogP contribution in [0.2, 0.25) is 0 Å². The Hall–Kier alpha value is -1.35. The Bertz CT molecular complexity index is 588. The van der Waals surface area contributed by atoms with Crippen molar-refractivity contribution in [2.24, 2.45) is 0 Å². The normalized spacial score (nSPS) is 11.4. The van der Waals surface area contributed by atoms with E-state index in [1.54, 1.807) is 12.4 Å². The monoisotopic (exact) mass is 319 g/mol. The molecule has 0 N–H and O–H groups in total. The Labute approximate surface area is 123 Å². The SMILES string of the molecule is Cc1ccc(Oc2cncc(Br)c2)c(C(C)(C)C)c1. The maximum absolute atomic E-state index is 5.98. The highest BCUT2D eigenvalue weighted by Gasteiger charge is 2.19. The summed E-state index contributed by atoms with van der Waals surface area (Å²) in [7, 11) is 0. The lowest BCUT2D eigenvalue weighted by Gasteiger charge is -2.23. The molecule has 0 atom stereocenters. The average Bonchev–Trinajstić information content (AvgIpc) is 2.30. The summed E-state index contributed by atoms with van der Waals surface area (Å²) in [6.07, 6.45) is 3.46. The highest BCUT2D eigenvalue weighted by molar-refractivity contribution is 9.10. The molecular weight excluding hydrogens is 302 g/mol. The van der Waals surface area contributed by atoms with E-state index < -0.39 is 0 Å². The van der Waals surface area contributed by atoms with Gasteiger partial charge >= 0.3 is 0 Å². The van der Waals surface area contributed by atoms with E-state index in [-0.39, 0.29) is 5.41 Å². The summed E-state index contributed by atoms with van der Waals surface area (Å²) >= 11 is 3.40. The van der Waals surface area contributed by atoms with Crippen molar-refractivity contribution in [3.8, 4) is 11.5 Å². The van der Waals surface area contributed by atoms with E-state index in [9.17, 15) is 0 Å². The molecule has 0 aliphatic carbocycles. The molecule has 2 nitrogen and oxygen atoms in total. The molecule has 0 unspecified atom stereocenters. The van der Waals surface area contributed by atoms with Gasteiger partial charge in [0, 0.05) is 16.2 Å². The number of pyridine rings is 1. The zero-order valence-corrected chi connectivity index (χ0v) is 13.3. The topological polar surface area (TPSA) is 22.1 Å². The van der Waals surface area contributed by atoms with Crippen LogP contribution in [0.3, 0.4) is 0 Å². The fourth-order valence-electron chi connectivity index (χ4n) is 1.89. The van der Waals surface area contributed by atoms with Crippen LogP contribution in [-0.4, -0.2) is 4.98 Å². The van der Waals surface area contributed by atoms with E-state index in [1.807, 2.05) is 12.1 Å². The Morgan fingerprint density at radius 3 is 2.47 bits per heavy atom. The van der Waals surface area contributed by atoms with Gasteiger partial charge in [-0.05, 0) is 40.4 Å². The van der Waals surface area contributed by atoms with Crippen LogP contribution in [-0.2, 0) is 5.41 Å². The highest BCUT2D eigenvalue weighted by Crippen LogP contribution is 2.35. The van der Waals surface area contributed by atoms with E-state index in [4.69, 9.17) is 4.74 Å². The number of rotatable bonds is 2. The molecule has 0 fully saturated rings. The summed E-state index contributed by atoms with van der Waals surface area (Å²) in [6.45, 7) is 8.66. The Kier molecular flexibility index (Phi) is 3.95. The van der Waals surface area contributed by atoms with Crippen molar-refractivity contribution in [2.45, 2.75) is 33.1 Å². The van der Waals surface area contributed by atoms with Crippen LogP contribution < -0.4 is 4.74 Å². The van der Waals surface area contributed by atoms with Gasteiger partial charge in [0.2, 0.25) is 0 Å². The largest absolute Gasteiger partial charge is 0.455 e. The first-order valence-electron chi connectivity index (χ1n) is 6.26. The highest BCUT2D eigenvalue weighted by atomic mass is 79.9. The maximum atomic E-state index is 5.98. The van der Waals surface area contributed by atoms with Gasteiger partial charge in [-0.15, -0.1) is 0 Å². The van der Waals surface area contributed by atoms with E-state index >= 15 is 0 Å². The van der Waals surface area contributed by atoms with Crippen LogP contribution in [0.5, 0.6) is 11.5 Å². The summed E-state index contributed by atoms with van der Waals surface area (Å²) < 4.78 is 6.89. The fraction of sp³-hybridized carbons (Fsp3) is 0.312. The molecule has 3 heteroatoms. The lowest BCUT2D eigenvalue weighted by molar-refractivity contribution is 0.453. The summed E-state index contributed by atoms with van der Waals surface area (Å²) in [5, 5.41) is 0. The quantitative estimate of drug-likeness (QED) is 0.754. The zero-order chi connectivity index (χ0) is 14.0. The molecule has 2 aromatic rings. The van der Waals surface area contributed by atoms with Crippen molar-refractivity contribution < 1.29 is 4.74 Å². The number of nitrogens with zero attached hydrogens (tertiary/aromatic N) is 1. The van der Waals surface area contributed by atoms with E-state index in [0.717, 1.165) is 16.0 Å². The van der Waals surface area contributed by atoms with Gasteiger partial charge in [-0.25, -0.2) is 0 Å². The molecule has 0 radical (unpaired) electrons. The molecule has 0 amide bonds. The predicted molar refractivity (Wildman–Crippen MR) is 81.9 cm³/mol. The molecular formula is C16H18BrNO. The predicted octanol–water partition coefficient (Wildman–Crippen LogP) is 5.24. The molecule has 1 heterocycles. The van der Waals surface area contributed by atoms with Gasteiger partial charge in [0.1, 0.15) is 11.5 Å². The van der Waals surface area contributed by atoms with Crippen molar-refractivity contribution in [1.82, 2.24) is 4.98 Å². The molecule has 0 aliphatic rings. The number of hydrogen-bond acceptors (Lipinski definition) is 2. The molecule has 0 saturated heterocycles. The molecule has 19 heavy (non-hydrogen) atoms. The molecule has 100 valence electrons. The lowest BCUT2D eigenvalue weighted by atomic mass is 9.85. The first-order valence-corrected chi connectivity index (χ1v) is 7.05. The first-order chi connectivity index (χ1) is 8.86. The Morgan fingerprint density at radius 2 is 1.84 bits per heavy atom. The maximum Gasteiger partial charge on any atom is 0.146 e. The number of ether oxygens (including phenoxy) is 1. The van der Waals surface area contributed by atoms with Gasteiger partial charge in [-0.2, -0.15) is 0 Å². The third kappa shape index (κ3) is 3.57. The second-order valence-electron chi connectivity index (χ2n) is 5.69. The van der Waals surface area contributed by atoms with Crippen LogP contribution in [0.1, 0.15) is 31.9 Å². The molecule has 0 spiro atoms. The van der Waals surface area contributed by atoms with Gasteiger partial charge < -0.3 is 4.74 Å². The first kappa shape index (κ1) is 14.1. The van der Waals surface area contributed by atoms with Crippen molar-refractivity contribution in [1.29, 1.82) is 0 Å². The second-order valence-corrected chi connectivity index (χ2v) is 6.61. The van der Waals surface area contributed by atoms with Gasteiger partial charge in [0.05, 0.1) is 6.20 Å². The van der Waals surface area contributed by atoms with E-state index in [0.29, 0.717) is 0 Å². The van der Waals surface area contributed by atoms with Gasteiger partial charge in [-0.1, -0.05) is 38.5 Å². The summed E-state index contributed by atoms with van der Waals surface area (Å²) in [5.41, 5.74) is 2.48. The van der Waals surface area contributed by atoms with Crippen molar-refractivity contribution >= 4 is 15.9 Å². The number of hydrogen-bond donors (Lipinski definition) is 0.